The van der Waals surface area contributed by atoms with Crippen molar-refractivity contribution in [3.8, 4) is 0 Å². The molecule has 1 aromatic rings. The van der Waals surface area contributed by atoms with E-state index in [0.29, 0.717) is 6.42 Å². The zero-order chi connectivity index (χ0) is 10.4. The fourth-order valence-electron chi connectivity index (χ4n) is 1.45. The Balaban J connectivity index is 2.54. The summed E-state index contributed by atoms with van der Waals surface area (Å²) >= 11 is 0. The molecule has 1 N–H and O–H groups in total. The number of hydrogen-bond donors (Lipinski definition) is 1. The highest BCUT2D eigenvalue weighted by Gasteiger charge is 2.05. The maximum atomic E-state index is 12.8. The van der Waals surface area contributed by atoms with Crippen molar-refractivity contribution in [2.45, 2.75) is 32.4 Å². The van der Waals surface area contributed by atoms with Crippen molar-refractivity contribution in [3.63, 3.8) is 0 Å². The lowest BCUT2D eigenvalue weighted by Gasteiger charge is -2.05. The average molecular weight is 196 g/mol. The van der Waals surface area contributed by atoms with Gasteiger partial charge in [-0.05, 0) is 17.5 Å². The van der Waals surface area contributed by atoms with E-state index in [9.17, 15) is 4.39 Å². The molecule has 1 aromatic carbocycles. The van der Waals surface area contributed by atoms with Crippen LogP contribution in [0.25, 0.3) is 0 Å². The summed E-state index contributed by atoms with van der Waals surface area (Å²) in [7, 11) is 0. The number of aryl methyl sites for hydroxylation is 1. The summed E-state index contributed by atoms with van der Waals surface area (Å²) < 4.78 is 12.8. The summed E-state index contributed by atoms with van der Waals surface area (Å²) in [5.41, 5.74) is 2.24. The van der Waals surface area contributed by atoms with Crippen LogP contribution >= 0.6 is 0 Å². The summed E-state index contributed by atoms with van der Waals surface area (Å²) in [4.78, 5) is 0. The van der Waals surface area contributed by atoms with Gasteiger partial charge in [0.15, 0.2) is 0 Å². The maximum Gasteiger partial charge on any atom is 0.127 e. The number of rotatable bonds is 5. The molecule has 0 aliphatic heterocycles. The summed E-state index contributed by atoms with van der Waals surface area (Å²) in [5, 5.41) is 8.56. The first-order valence-electron chi connectivity index (χ1n) is 5.09. The molecule has 14 heavy (non-hydrogen) atoms. The van der Waals surface area contributed by atoms with Gasteiger partial charge in [-0.15, -0.1) is 0 Å². The summed E-state index contributed by atoms with van der Waals surface area (Å²) in [5.74, 6) is 0. The summed E-state index contributed by atoms with van der Waals surface area (Å²) in [6.07, 6.45) is 1.37. The van der Waals surface area contributed by atoms with Crippen molar-refractivity contribution in [2.75, 3.05) is 6.61 Å². The topological polar surface area (TPSA) is 20.2 Å². The molecule has 0 spiro atoms. The van der Waals surface area contributed by atoms with Gasteiger partial charge >= 0.3 is 0 Å². The lowest BCUT2D eigenvalue weighted by atomic mass is 10.0. The van der Waals surface area contributed by atoms with Gasteiger partial charge in [-0.3, -0.25) is 0 Å². The average Bonchev–Trinajstić information content (AvgIpc) is 2.21. The molecule has 1 atom stereocenters. The van der Waals surface area contributed by atoms with Crippen LogP contribution in [-0.2, 0) is 12.8 Å². The lowest BCUT2D eigenvalue weighted by Crippen LogP contribution is -2.09. The SMILES string of the molecule is CCCc1ccc(CC(F)CO)cc1. The predicted octanol–water partition coefficient (Wildman–Crippen LogP) is 2.51. The quantitative estimate of drug-likeness (QED) is 0.767. The van der Waals surface area contributed by atoms with Crippen LogP contribution in [0.3, 0.4) is 0 Å². The molecule has 0 aromatic heterocycles. The molecular weight excluding hydrogens is 179 g/mol. The van der Waals surface area contributed by atoms with Crippen LogP contribution in [0.5, 0.6) is 0 Å². The Bertz CT molecular complexity index is 256. The highest BCUT2D eigenvalue weighted by Crippen LogP contribution is 2.09. The van der Waals surface area contributed by atoms with Crippen LogP contribution in [0.15, 0.2) is 24.3 Å². The molecule has 1 rings (SSSR count). The lowest BCUT2D eigenvalue weighted by molar-refractivity contribution is 0.177. The van der Waals surface area contributed by atoms with E-state index in [2.05, 4.69) is 6.92 Å². The summed E-state index contributed by atoms with van der Waals surface area (Å²) in [6.45, 7) is 1.74. The summed E-state index contributed by atoms with van der Waals surface area (Å²) in [6, 6.07) is 7.94. The van der Waals surface area contributed by atoms with Gasteiger partial charge in [-0.25, -0.2) is 4.39 Å². The number of benzene rings is 1. The molecule has 2 heteroatoms. The third-order valence-electron chi connectivity index (χ3n) is 2.22. The van der Waals surface area contributed by atoms with Gasteiger partial charge in [0.2, 0.25) is 0 Å². The van der Waals surface area contributed by atoms with Crippen molar-refractivity contribution in [2.24, 2.45) is 0 Å². The fraction of sp³-hybridized carbons (Fsp3) is 0.500. The van der Waals surface area contributed by atoms with E-state index in [-0.39, 0.29) is 0 Å². The second-order valence-corrected chi connectivity index (χ2v) is 3.55. The van der Waals surface area contributed by atoms with Crippen LogP contribution in [0.2, 0.25) is 0 Å². The molecule has 0 saturated carbocycles. The number of aliphatic hydroxyl groups excluding tert-OH is 1. The first-order valence-corrected chi connectivity index (χ1v) is 5.09. The molecule has 0 fully saturated rings. The highest BCUT2D eigenvalue weighted by atomic mass is 19.1. The Hall–Kier alpha value is -0.890. The largest absolute Gasteiger partial charge is 0.393 e. The molecule has 0 aliphatic carbocycles. The molecule has 1 nitrogen and oxygen atoms in total. The molecule has 1 unspecified atom stereocenters. The number of aliphatic hydroxyl groups is 1. The van der Waals surface area contributed by atoms with E-state index in [4.69, 9.17) is 5.11 Å². The number of hydrogen-bond acceptors (Lipinski definition) is 1. The zero-order valence-corrected chi connectivity index (χ0v) is 8.54. The van der Waals surface area contributed by atoms with Crippen molar-refractivity contribution in [1.82, 2.24) is 0 Å². The van der Waals surface area contributed by atoms with Gasteiger partial charge in [0, 0.05) is 6.42 Å². The van der Waals surface area contributed by atoms with Crippen LogP contribution in [0.4, 0.5) is 4.39 Å². The number of halogens is 1. The molecule has 0 heterocycles. The second kappa shape index (κ2) is 5.76. The maximum absolute atomic E-state index is 12.8. The minimum atomic E-state index is -1.13. The van der Waals surface area contributed by atoms with E-state index in [1.54, 1.807) is 0 Å². The Morgan fingerprint density at radius 3 is 2.29 bits per heavy atom. The van der Waals surface area contributed by atoms with Crippen LogP contribution in [0, 0.1) is 0 Å². The molecule has 0 aliphatic rings. The van der Waals surface area contributed by atoms with E-state index < -0.39 is 12.8 Å². The van der Waals surface area contributed by atoms with Crippen molar-refractivity contribution < 1.29 is 9.50 Å². The molecular formula is C12H17FO. The van der Waals surface area contributed by atoms with Gasteiger partial charge in [-0.2, -0.15) is 0 Å². The molecule has 0 saturated heterocycles. The Morgan fingerprint density at radius 1 is 1.21 bits per heavy atom. The Morgan fingerprint density at radius 2 is 1.79 bits per heavy atom. The first-order chi connectivity index (χ1) is 6.76. The highest BCUT2D eigenvalue weighted by molar-refractivity contribution is 5.23. The van der Waals surface area contributed by atoms with Crippen molar-refractivity contribution >= 4 is 0 Å². The molecule has 0 amide bonds. The van der Waals surface area contributed by atoms with Crippen molar-refractivity contribution in [3.05, 3.63) is 35.4 Å². The Kier molecular flexibility index (Phi) is 4.60. The third kappa shape index (κ3) is 3.46. The minimum absolute atomic E-state index is 0.308. The van der Waals surface area contributed by atoms with E-state index in [1.807, 2.05) is 24.3 Å². The van der Waals surface area contributed by atoms with Gasteiger partial charge in [0.1, 0.15) is 6.17 Å². The van der Waals surface area contributed by atoms with E-state index in [1.165, 1.54) is 5.56 Å². The standard InChI is InChI=1S/C12H17FO/c1-2-3-10-4-6-11(7-5-10)8-12(13)9-14/h4-7,12,14H,2-3,8-9H2,1H3. The minimum Gasteiger partial charge on any atom is -0.393 e. The third-order valence-corrected chi connectivity index (χ3v) is 2.22. The van der Waals surface area contributed by atoms with Crippen molar-refractivity contribution in [1.29, 1.82) is 0 Å². The van der Waals surface area contributed by atoms with Gasteiger partial charge in [-0.1, -0.05) is 37.6 Å². The number of alkyl halides is 1. The predicted molar refractivity (Wildman–Crippen MR) is 56.1 cm³/mol. The van der Waals surface area contributed by atoms with Crippen LogP contribution in [-0.4, -0.2) is 17.9 Å². The van der Waals surface area contributed by atoms with E-state index >= 15 is 0 Å². The molecule has 78 valence electrons. The fourth-order valence-corrected chi connectivity index (χ4v) is 1.45. The molecule has 0 radical (unpaired) electrons. The van der Waals surface area contributed by atoms with Crippen LogP contribution < -0.4 is 0 Å². The first kappa shape index (κ1) is 11.2. The normalized spacial score (nSPS) is 12.8. The van der Waals surface area contributed by atoms with Gasteiger partial charge in [0.25, 0.3) is 0 Å². The van der Waals surface area contributed by atoms with E-state index in [0.717, 1.165) is 18.4 Å². The smallest absolute Gasteiger partial charge is 0.127 e. The van der Waals surface area contributed by atoms with Gasteiger partial charge in [0.05, 0.1) is 6.61 Å². The van der Waals surface area contributed by atoms with Gasteiger partial charge < -0.3 is 5.11 Å². The zero-order valence-electron chi connectivity index (χ0n) is 8.54. The monoisotopic (exact) mass is 196 g/mol. The second-order valence-electron chi connectivity index (χ2n) is 3.55. The molecule has 0 bridgehead atoms. The van der Waals surface area contributed by atoms with Crippen LogP contribution in [0.1, 0.15) is 24.5 Å². The Labute approximate surface area is 84.6 Å².